The topological polar surface area (TPSA) is 87.3 Å². The highest BCUT2D eigenvalue weighted by atomic mass is 35.5. The summed E-state index contributed by atoms with van der Waals surface area (Å²) in [6.07, 6.45) is 0.317. The summed E-state index contributed by atoms with van der Waals surface area (Å²) in [5.74, 6) is -0.952. The molecule has 1 atom stereocenters. The fourth-order valence-corrected chi connectivity index (χ4v) is 3.14. The number of anilines is 2. The van der Waals surface area contributed by atoms with Crippen molar-refractivity contribution >= 4 is 40.7 Å². The fraction of sp³-hybridized carbons (Fsp3) is 0.125. The van der Waals surface area contributed by atoms with Crippen LogP contribution >= 0.6 is 11.6 Å². The van der Waals surface area contributed by atoms with Gasteiger partial charge in [0.15, 0.2) is 0 Å². The zero-order chi connectivity index (χ0) is 22.2. The van der Waals surface area contributed by atoms with Crippen molar-refractivity contribution < 1.29 is 14.4 Å². The highest BCUT2D eigenvalue weighted by Crippen LogP contribution is 2.16. The first kappa shape index (κ1) is 22.1. The van der Waals surface area contributed by atoms with Crippen LogP contribution in [0.15, 0.2) is 78.9 Å². The van der Waals surface area contributed by atoms with Crippen LogP contribution in [0.4, 0.5) is 11.4 Å². The molecule has 158 valence electrons. The van der Waals surface area contributed by atoms with Gasteiger partial charge in [0.2, 0.25) is 11.8 Å². The van der Waals surface area contributed by atoms with E-state index in [1.54, 1.807) is 48.5 Å². The summed E-state index contributed by atoms with van der Waals surface area (Å²) in [5, 5.41) is 8.82. The van der Waals surface area contributed by atoms with Crippen LogP contribution in [0.5, 0.6) is 0 Å². The minimum absolute atomic E-state index is 0.208. The van der Waals surface area contributed by atoms with E-state index < -0.39 is 6.04 Å². The molecule has 3 aromatic rings. The summed E-state index contributed by atoms with van der Waals surface area (Å²) in [7, 11) is 0. The van der Waals surface area contributed by atoms with E-state index in [0.29, 0.717) is 28.4 Å². The molecule has 0 aliphatic heterocycles. The highest BCUT2D eigenvalue weighted by Gasteiger charge is 2.22. The first-order chi connectivity index (χ1) is 14.9. The van der Waals surface area contributed by atoms with Crippen molar-refractivity contribution in [3.05, 3.63) is 95.0 Å². The first-order valence-corrected chi connectivity index (χ1v) is 10.1. The van der Waals surface area contributed by atoms with Crippen molar-refractivity contribution in [2.45, 2.75) is 19.4 Å². The normalized spacial score (nSPS) is 11.3. The van der Waals surface area contributed by atoms with Gasteiger partial charge in [-0.05, 0) is 48.0 Å². The van der Waals surface area contributed by atoms with Crippen molar-refractivity contribution in [2.75, 3.05) is 10.6 Å². The molecule has 0 aliphatic rings. The molecular formula is C24H22ClN3O3. The van der Waals surface area contributed by atoms with Crippen molar-refractivity contribution in [2.24, 2.45) is 0 Å². The van der Waals surface area contributed by atoms with Crippen molar-refractivity contribution in [3.63, 3.8) is 0 Å². The zero-order valence-electron chi connectivity index (χ0n) is 16.9. The Kier molecular flexibility index (Phi) is 7.40. The average molecular weight is 436 g/mol. The van der Waals surface area contributed by atoms with Crippen LogP contribution in [0.25, 0.3) is 0 Å². The van der Waals surface area contributed by atoms with Crippen LogP contribution in [0.2, 0.25) is 5.02 Å². The molecule has 1 unspecified atom stereocenters. The van der Waals surface area contributed by atoms with Gasteiger partial charge in [0, 0.05) is 35.3 Å². The molecule has 0 fully saturated rings. The third-order valence-corrected chi connectivity index (χ3v) is 4.71. The van der Waals surface area contributed by atoms with E-state index in [4.69, 9.17) is 11.6 Å². The number of rotatable bonds is 7. The number of carbonyl (C=O) groups is 3. The molecule has 0 heterocycles. The van der Waals surface area contributed by atoms with Gasteiger partial charge >= 0.3 is 0 Å². The Hall–Kier alpha value is -3.64. The van der Waals surface area contributed by atoms with E-state index in [2.05, 4.69) is 16.0 Å². The molecular weight excluding hydrogens is 414 g/mol. The third-order valence-electron chi connectivity index (χ3n) is 4.46. The molecule has 0 bridgehead atoms. The number of halogens is 1. The Morgan fingerprint density at radius 1 is 0.839 bits per heavy atom. The van der Waals surface area contributed by atoms with Gasteiger partial charge in [-0.1, -0.05) is 48.0 Å². The van der Waals surface area contributed by atoms with E-state index in [1.165, 1.54) is 6.92 Å². The molecule has 3 rings (SSSR count). The van der Waals surface area contributed by atoms with Crippen molar-refractivity contribution in [1.82, 2.24) is 5.32 Å². The van der Waals surface area contributed by atoms with Crippen molar-refractivity contribution in [1.29, 1.82) is 0 Å². The maximum absolute atomic E-state index is 13.0. The van der Waals surface area contributed by atoms with Crippen LogP contribution < -0.4 is 16.0 Å². The van der Waals surface area contributed by atoms with Crippen LogP contribution in [0.1, 0.15) is 22.8 Å². The predicted octanol–water partition coefficient (Wildman–Crippen LogP) is 4.28. The Bertz CT molecular complexity index is 1070. The Labute approximate surface area is 185 Å². The SMILES string of the molecule is CC(=O)Nc1cccc(NC(=O)C(Cc2ccccc2)NC(=O)c2ccc(Cl)cc2)c1. The molecule has 7 heteroatoms. The molecule has 0 saturated carbocycles. The summed E-state index contributed by atoms with van der Waals surface area (Å²) in [4.78, 5) is 37.0. The molecule has 0 aromatic heterocycles. The molecule has 3 N–H and O–H groups in total. The van der Waals surface area contributed by atoms with Gasteiger partial charge in [-0.3, -0.25) is 14.4 Å². The van der Waals surface area contributed by atoms with E-state index in [-0.39, 0.29) is 17.7 Å². The highest BCUT2D eigenvalue weighted by molar-refractivity contribution is 6.30. The Morgan fingerprint density at radius 3 is 2.13 bits per heavy atom. The average Bonchev–Trinajstić information content (AvgIpc) is 2.74. The fourth-order valence-electron chi connectivity index (χ4n) is 3.01. The van der Waals surface area contributed by atoms with Gasteiger partial charge in [0.1, 0.15) is 6.04 Å². The number of amides is 3. The largest absolute Gasteiger partial charge is 0.340 e. The molecule has 31 heavy (non-hydrogen) atoms. The molecule has 0 saturated heterocycles. The molecule has 0 spiro atoms. The summed E-state index contributed by atoms with van der Waals surface area (Å²) >= 11 is 5.89. The lowest BCUT2D eigenvalue weighted by Gasteiger charge is -2.19. The first-order valence-electron chi connectivity index (χ1n) is 9.69. The van der Waals surface area contributed by atoms with Gasteiger partial charge in [-0.2, -0.15) is 0 Å². The third kappa shape index (κ3) is 6.69. The minimum atomic E-state index is -0.810. The predicted molar refractivity (Wildman–Crippen MR) is 122 cm³/mol. The van der Waals surface area contributed by atoms with Crippen LogP contribution in [0.3, 0.4) is 0 Å². The van der Waals surface area contributed by atoms with E-state index in [9.17, 15) is 14.4 Å². The standard InChI is InChI=1S/C24H22ClN3O3/c1-16(29)26-20-8-5-9-21(15-20)27-24(31)22(14-17-6-3-2-4-7-17)28-23(30)18-10-12-19(25)13-11-18/h2-13,15,22H,14H2,1H3,(H,26,29)(H,27,31)(H,28,30). The lowest BCUT2D eigenvalue weighted by molar-refractivity contribution is -0.118. The summed E-state index contributed by atoms with van der Waals surface area (Å²) < 4.78 is 0. The maximum Gasteiger partial charge on any atom is 0.251 e. The number of benzene rings is 3. The molecule has 3 amide bonds. The number of nitrogens with one attached hydrogen (secondary N) is 3. The van der Waals surface area contributed by atoms with Gasteiger partial charge in [0.25, 0.3) is 5.91 Å². The van der Waals surface area contributed by atoms with Gasteiger partial charge in [-0.25, -0.2) is 0 Å². The quantitative estimate of drug-likeness (QED) is 0.517. The van der Waals surface area contributed by atoms with Crippen LogP contribution in [-0.4, -0.2) is 23.8 Å². The maximum atomic E-state index is 13.0. The van der Waals surface area contributed by atoms with Crippen LogP contribution in [-0.2, 0) is 16.0 Å². The van der Waals surface area contributed by atoms with Gasteiger partial charge in [-0.15, -0.1) is 0 Å². The number of hydrogen-bond donors (Lipinski definition) is 3. The molecule has 3 aromatic carbocycles. The van der Waals surface area contributed by atoms with Crippen molar-refractivity contribution in [3.8, 4) is 0 Å². The number of carbonyl (C=O) groups excluding carboxylic acids is 3. The monoisotopic (exact) mass is 435 g/mol. The Balaban J connectivity index is 1.78. The lowest BCUT2D eigenvalue weighted by atomic mass is 10.0. The van der Waals surface area contributed by atoms with Gasteiger partial charge < -0.3 is 16.0 Å². The minimum Gasteiger partial charge on any atom is -0.340 e. The zero-order valence-corrected chi connectivity index (χ0v) is 17.6. The Morgan fingerprint density at radius 2 is 1.48 bits per heavy atom. The summed E-state index contributed by atoms with van der Waals surface area (Å²) in [6, 6.07) is 21.9. The second kappa shape index (κ2) is 10.4. The molecule has 6 nitrogen and oxygen atoms in total. The molecule has 0 radical (unpaired) electrons. The summed E-state index contributed by atoms with van der Waals surface area (Å²) in [6.45, 7) is 1.41. The number of hydrogen-bond acceptors (Lipinski definition) is 3. The van der Waals surface area contributed by atoms with Crippen LogP contribution in [0, 0.1) is 0 Å². The van der Waals surface area contributed by atoms with E-state index >= 15 is 0 Å². The lowest BCUT2D eigenvalue weighted by Crippen LogP contribution is -2.45. The smallest absolute Gasteiger partial charge is 0.251 e. The second-order valence-electron chi connectivity index (χ2n) is 6.97. The van der Waals surface area contributed by atoms with E-state index in [0.717, 1.165) is 5.56 Å². The molecule has 0 aliphatic carbocycles. The summed E-state index contributed by atoms with van der Waals surface area (Å²) in [5.41, 5.74) is 2.39. The second-order valence-corrected chi connectivity index (χ2v) is 7.41. The van der Waals surface area contributed by atoms with E-state index in [1.807, 2.05) is 30.3 Å². The van der Waals surface area contributed by atoms with Gasteiger partial charge in [0.05, 0.1) is 0 Å².